The molecule has 0 aromatic heterocycles. The lowest BCUT2D eigenvalue weighted by Crippen LogP contribution is -2.34. The van der Waals surface area contributed by atoms with Crippen molar-refractivity contribution in [3.05, 3.63) is 40.5 Å². The first-order chi connectivity index (χ1) is 14.7. The zero-order valence-corrected chi connectivity index (χ0v) is 19.7. The van der Waals surface area contributed by atoms with E-state index >= 15 is 0 Å². The lowest BCUT2D eigenvalue weighted by Gasteiger charge is -2.37. The first-order valence-corrected chi connectivity index (χ1v) is 11.3. The van der Waals surface area contributed by atoms with Crippen molar-refractivity contribution in [3.8, 4) is 17.2 Å². The first-order valence-electron chi connectivity index (χ1n) is 11.3. The Balaban J connectivity index is 1.63. The van der Waals surface area contributed by atoms with Crippen molar-refractivity contribution in [2.75, 3.05) is 27.5 Å². The number of allylic oxidation sites excluding steroid dienone is 4. The predicted molar refractivity (Wildman–Crippen MR) is 122 cm³/mol. The second-order valence-electron chi connectivity index (χ2n) is 9.89. The van der Waals surface area contributed by atoms with E-state index in [1.165, 1.54) is 11.1 Å². The minimum Gasteiger partial charge on any atom is -0.492 e. The predicted octanol–water partition coefficient (Wildman–Crippen LogP) is 5.24. The van der Waals surface area contributed by atoms with Crippen molar-refractivity contribution in [1.82, 2.24) is 4.90 Å². The summed E-state index contributed by atoms with van der Waals surface area (Å²) in [5.74, 6) is 2.61. The summed E-state index contributed by atoms with van der Waals surface area (Å²) in [7, 11) is 3.75. The van der Waals surface area contributed by atoms with Crippen molar-refractivity contribution < 1.29 is 19.0 Å². The van der Waals surface area contributed by atoms with Gasteiger partial charge in [-0.1, -0.05) is 31.6 Å². The lowest BCUT2D eigenvalue weighted by atomic mass is 9.68. The van der Waals surface area contributed by atoms with Gasteiger partial charge in [-0.25, -0.2) is 0 Å². The van der Waals surface area contributed by atoms with Crippen LogP contribution >= 0.6 is 0 Å². The van der Waals surface area contributed by atoms with E-state index in [1.807, 2.05) is 6.92 Å². The Hall–Kier alpha value is -2.27. The normalized spacial score (nSPS) is 25.1. The second kappa shape index (κ2) is 8.34. The first kappa shape index (κ1) is 21.9. The number of hydrogen-bond donors (Lipinski definition) is 0. The van der Waals surface area contributed by atoms with Crippen LogP contribution < -0.4 is 14.2 Å². The highest BCUT2D eigenvalue weighted by molar-refractivity contribution is 5.95. The molecular weight excluding hydrogens is 390 g/mol. The summed E-state index contributed by atoms with van der Waals surface area (Å²) >= 11 is 0. The SMILES string of the molecule is COc1c2c(cc3c1[C@@H](CC(=O)C(C)=C[C@H]1C(C)=CCCC1(C)C)N(C)CC3)OCO2. The molecule has 0 bridgehead atoms. The molecule has 0 unspecified atom stereocenters. The third-order valence-corrected chi connectivity index (χ3v) is 7.37. The number of fused-ring (bicyclic) bond motifs is 2. The Kier molecular flexibility index (Phi) is 5.91. The van der Waals surface area contributed by atoms with Crippen LogP contribution in [0.4, 0.5) is 0 Å². The Morgan fingerprint density at radius 2 is 2.13 bits per heavy atom. The molecule has 3 aliphatic rings. The molecular formula is C26H35NO4. The number of ketones is 1. The number of benzene rings is 1. The van der Waals surface area contributed by atoms with E-state index in [4.69, 9.17) is 14.2 Å². The molecule has 0 radical (unpaired) electrons. The van der Waals surface area contributed by atoms with Crippen LogP contribution in [0.1, 0.15) is 64.1 Å². The summed E-state index contributed by atoms with van der Waals surface area (Å²) in [6, 6.07) is 2.02. The van der Waals surface area contributed by atoms with Gasteiger partial charge in [-0.05, 0) is 62.8 Å². The van der Waals surface area contributed by atoms with E-state index in [0.717, 1.165) is 42.7 Å². The largest absolute Gasteiger partial charge is 0.492 e. The van der Waals surface area contributed by atoms with Crippen molar-refractivity contribution in [2.24, 2.45) is 11.3 Å². The zero-order chi connectivity index (χ0) is 22.3. The van der Waals surface area contributed by atoms with Crippen LogP contribution in [0.15, 0.2) is 29.4 Å². The van der Waals surface area contributed by atoms with Gasteiger partial charge in [0.1, 0.15) is 0 Å². The molecule has 0 spiro atoms. The molecule has 1 aliphatic carbocycles. The van der Waals surface area contributed by atoms with E-state index in [0.29, 0.717) is 23.8 Å². The molecule has 0 fully saturated rings. The minimum absolute atomic E-state index is 0.0416. The fourth-order valence-electron chi connectivity index (χ4n) is 5.39. The highest BCUT2D eigenvalue weighted by Crippen LogP contribution is 2.50. The fourth-order valence-corrected chi connectivity index (χ4v) is 5.39. The minimum atomic E-state index is -0.0416. The Labute approximate surface area is 186 Å². The van der Waals surface area contributed by atoms with Crippen LogP contribution in [0.2, 0.25) is 0 Å². The molecule has 5 nitrogen and oxygen atoms in total. The second-order valence-corrected chi connectivity index (χ2v) is 9.89. The Morgan fingerprint density at radius 3 is 2.84 bits per heavy atom. The van der Waals surface area contributed by atoms with Gasteiger partial charge in [-0.2, -0.15) is 0 Å². The number of carbonyl (C=O) groups is 1. The van der Waals surface area contributed by atoms with Crippen molar-refractivity contribution in [3.63, 3.8) is 0 Å². The average molecular weight is 426 g/mol. The quantitative estimate of drug-likeness (QED) is 0.477. The van der Waals surface area contributed by atoms with Crippen LogP contribution in [0, 0.1) is 11.3 Å². The highest BCUT2D eigenvalue weighted by Gasteiger charge is 2.36. The van der Waals surface area contributed by atoms with Crippen LogP contribution in [0.3, 0.4) is 0 Å². The van der Waals surface area contributed by atoms with E-state index in [1.54, 1.807) is 7.11 Å². The third-order valence-electron chi connectivity index (χ3n) is 7.37. The molecule has 2 aliphatic heterocycles. The molecule has 0 N–H and O–H groups in total. The summed E-state index contributed by atoms with van der Waals surface area (Å²) in [6.07, 6.45) is 8.12. The van der Waals surface area contributed by atoms with Gasteiger partial charge in [0.2, 0.25) is 12.5 Å². The van der Waals surface area contributed by atoms with Crippen LogP contribution in [0.25, 0.3) is 0 Å². The number of rotatable bonds is 5. The number of likely N-dealkylation sites (N-methyl/N-ethyl adjacent to an activating group) is 1. The number of methoxy groups -OCH3 is 1. The molecule has 1 aromatic carbocycles. The molecule has 31 heavy (non-hydrogen) atoms. The molecule has 168 valence electrons. The lowest BCUT2D eigenvalue weighted by molar-refractivity contribution is -0.116. The molecule has 4 rings (SSSR count). The average Bonchev–Trinajstić information content (AvgIpc) is 3.19. The Morgan fingerprint density at radius 1 is 1.35 bits per heavy atom. The van der Waals surface area contributed by atoms with Gasteiger partial charge >= 0.3 is 0 Å². The van der Waals surface area contributed by atoms with Gasteiger partial charge in [0.25, 0.3) is 0 Å². The molecule has 5 heteroatoms. The zero-order valence-electron chi connectivity index (χ0n) is 19.7. The van der Waals surface area contributed by atoms with Crippen molar-refractivity contribution in [2.45, 2.75) is 59.4 Å². The van der Waals surface area contributed by atoms with Crippen LogP contribution in [0.5, 0.6) is 17.2 Å². The number of Topliss-reactive ketones (excluding diaryl/α,β-unsaturated/α-hetero) is 1. The summed E-state index contributed by atoms with van der Waals surface area (Å²) in [4.78, 5) is 15.6. The fraction of sp³-hybridized carbons (Fsp3) is 0.577. The van der Waals surface area contributed by atoms with Crippen LogP contribution in [-0.2, 0) is 11.2 Å². The third kappa shape index (κ3) is 4.00. The summed E-state index contributed by atoms with van der Waals surface area (Å²) in [6.45, 7) is 9.88. The van der Waals surface area contributed by atoms with Gasteiger partial charge < -0.3 is 14.2 Å². The highest BCUT2D eigenvalue weighted by atomic mass is 16.7. The number of carbonyl (C=O) groups excluding carboxylic acids is 1. The summed E-state index contributed by atoms with van der Waals surface area (Å²) < 4.78 is 17.1. The van der Waals surface area contributed by atoms with Crippen molar-refractivity contribution >= 4 is 5.78 Å². The molecule has 0 saturated heterocycles. The van der Waals surface area contributed by atoms with Crippen LogP contribution in [-0.4, -0.2) is 38.2 Å². The number of nitrogens with zero attached hydrogens (tertiary/aromatic N) is 1. The Bertz CT molecular complexity index is 943. The maximum atomic E-state index is 13.4. The van der Waals surface area contributed by atoms with E-state index in [-0.39, 0.29) is 24.0 Å². The molecule has 0 saturated carbocycles. The van der Waals surface area contributed by atoms with Gasteiger partial charge in [0.05, 0.1) is 7.11 Å². The van der Waals surface area contributed by atoms with E-state index in [9.17, 15) is 4.79 Å². The molecule has 2 heterocycles. The number of ether oxygens (including phenoxy) is 3. The summed E-state index contributed by atoms with van der Waals surface area (Å²) in [5, 5.41) is 0. The van der Waals surface area contributed by atoms with Gasteiger partial charge in [-0.3, -0.25) is 9.69 Å². The molecule has 1 aromatic rings. The topological polar surface area (TPSA) is 48.0 Å². The standard InChI is InChI=1S/C26H35NO4/c1-16-8-7-10-26(3,4)19(16)12-17(2)21(28)14-20-23-18(9-11-27(20)5)13-22-24(25(23)29-6)31-15-30-22/h8,12-13,19-20H,7,9-11,14-15H2,1-6H3/t19-,20+/m0/s1. The maximum absolute atomic E-state index is 13.4. The van der Waals surface area contributed by atoms with Gasteiger partial charge in [-0.15, -0.1) is 0 Å². The number of hydrogen-bond acceptors (Lipinski definition) is 5. The van der Waals surface area contributed by atoms with Crippen molar-refractivity contribution in [1.29, 1.82) is 0 Å². The molecule has 2 atom stereocenters. The van der Waals surface area contributed by atoms with Gasteiger partial charge in [0, 0.05) is 30.5 Å². The maximum Gasteiger partial charge on any atom is 0.231 e. The van der Waals surface area contributed by atoms with Gasteiger partial charge in [0.15, 0.2) is 17.3 Å². The monoisotopic (exact) mass is 425 g/mol. The summed E-state index contributed by atoms with van der Waals surface area (Å²) in [5.41, 5.74) is 4.66. The molecule has 0 amide bonds. The smallest absolute Gasteiger partial charge is 0.231 e. The van der Waals surface area contributed by atoms with E-state index < -0.39 is 0 Å². The van der Waals surface area contributed by atoms with E-state index in [2.05, 4.69) is 50.9 Å².